The first-order valence-corrected chi connectivity index (χ1v) is 9.47. The minimum absolute atomic E-state index is 0.0302. The quantitative estimate of drug-likeness (QED) is 0.869. The number of rotatable bonds is 6. The summed E-state index contributed by atoms with van der Waals surface area (Å²) in [4.78, 5) is 14.9. The Balaban J connectivity index is 1.48. The maximum atomic E-state index is 12.8. The summed E-state index contributed by atoms with van der Waals surface area (Å²) < 4.78 is 1.92. The van der Waals surface area contributed by atoms with Crippen molar-refractivity contribution in [3.63, 3.8) is 0 Å². The van der Waals surface area contributed by atoms with E-state index in [9.17, 15) is 4.79 Å². The molecule has 1 saturated heterocycles. The Bertz CT molecular complexity index is 582. The van der Waals surface area contributed by atoms with Crippen molar-refractivity contribution in [1.82, 2.24) is 20.0 Å². The van der Waals surface area contributed by atoms with Crippen molar-refractivity contribution in [3.8, 4) is 0 Å². The van der Waals surface area contributed by atoms with E-state index in [0.717, 1.165) is 44.0 Å². The fraction of sp³-hybridized carbons (Fsp3) is 0.789. The fourth-order valence-electron chi connectivity index (χ4n) is 3.78. The van der Waals surface area contributed by atoms with Crippen molar-refractivity contribution in [2.45, 2.75) is 58.9 Å². The predicted molar refractivity (Wildman–Crippen MR) is 95.9 cm³/mol. The van der Waals surface area contributed by atoms with Crippen molar-refractivity contribution in [2.24, 2.45) is 18.9 Å². The van der Waals surface area contributed by atoms with Crippen LogP contribution < -0.4 is 5.32 Å². The molecule has 1 aromatic rings. The molecule has 2 fully saturated rings. The molecule has 2 aliphatic rings. The standard InChI is InChI=1S/C19H32N4O/c1-13(11-18-14(2)21-22(4)15(18)3)19(24)23-9-7-17(8-10-23)20-12-16-5-6-16/h13,16-17,20H,5-12H2,1-4H3. The summed E-state index contributed by atoms with van der Waals surface area (Å²) in [6.07, 6.45) is 5.78. The lowest BCUT2D eigenvalue weighted by molar-refractivity contribution is -0.136. The number of aromatic nitrogens is 2. The molecule has 5 heteroatoms. The lowest BCUT2D eigenvalue weighted by Gasteiger charge is -2.34. The Morgan fingerprint density at radius 3 is 2.46 bits per heavy atom. The number of nitrogens with one attached hydrogen (secondary N) is 1. The molecule has 1 atom stereocenters. The van der Waals surface area contributed by atoms with Crippen molar-refractivity contribution >= 4 is 5.91 Å². The SMILES string of the molecule is Cc1nn(C)c(C)c1CC(C)C(=O)N1CCC(NCC2CC2)CC1. The summed E-state index contributed by atoms with van der Waals surface area (Å²) in [7, 11) is 1.97. The summed E-state index contributed by atoms with van der Waals surface area (Å²) in [5.41, 5.74) is 3.46. The van der Waals surface area contributed by atoms with E-state index in [1.54, 1.807) is 0 Å². The Labute approximate surface area is 145 Å². The molecule has 3 rings (SSSR count). The molecule has 1 aliphatic heterocycles. The van der Waals surface area contributed by atoms with Crippen LogP contribution in [0.5, 0.6) is 0 Å². The molecular formula is C19H32N4O. The van der Waals surface area contributed by atoms with E-state index < -0.39 is 0 Å². The van der Waals surface area contributed by atoms with E-state index in [4.69, 9.17) is 0 Å². The molecule has 1 amide bonds. The van der Waals surface area contributed by atoms with Gasteiger partial charge in [-0.15, -0.1) is 0 Å². The molecule has 134 valence electrons. The van der Waals surface area contributed by atoms with Gasteiger partial charge in [0.05, 0.1) is 5.69 Å². The fourth-order valence-corrected chi connectivity index (χ4v) is 3.78. The van der Waals surface area contributed by atoms with Gasteiger partial charge >= 0.3 is 0 Å². The smallest absolute Gasteiger partial charge is 0.225 e. The van der Waals surface area contributed by atoms with Crippen molar-refractivity contribution in [3.05, 3.63) is 17.0 Å². The molecule has 0 radical (unpaired) electrons. The second-order valence-corrected chi connectivity index (χ2v) is 7.83. The lowest BCUT2D eigenvalue weighted by atomic mass is 9.96. The highest BCUT2D eigenvalue weighted by atomic mass is 16.2. The van der Waals surface area contributed by atoms with Crippen LogP contribution in [0.4, 0.5) is 0 Å². The lowest BCUT2D eigenvalue weighted by Crippen LogP contribution is -2.47. The first kappa shape index (κ1) is 17.5. The van der Waals surface area contributed by atoms with Crippen LogP contribution in [0.2, 0.25) is 0 Å². The van der Waals surface area contributed by atoms with Crippen molar-refractivity contribution in [1.29, 1.82) is 0 Å². The highest BCUT2D eigenvalue weighted by Gasteiger charge is 2.28. The molecule has 0 spiro atoms. The third-order valence-electron chi connectivity index (χ3n) is 5.79. The minimum Gasteiger partial charge on any atom is -0.342 e. The third kappa shape index (κ3) is 4.00. The molecule has 0 bridgehead atoms. The normalized spacial score (nSPS) is 20.4. The topological polar surface area (TPSA) is 50.2 Å². The van der Waals surface area contributed by atoms with Crippen LogP contribution in [0, 0.1) is 25.7 Å². The van der Waals surface area contributed by atoms with Crippen LogP contribution in [0.3, 0.4) is 0 Å². The zero-order chi connectivity index (χ0) is 17.3. The van der Waals surface area contributed by atoms with Gasteiger partial charge in [-0.05, 0) is 64.0 Å². The molecule has 0 aromatic carbocycles. The highest BCUT2D eigenvalue weighted by molar-refractivity contribution is 5.79. The summed E-state index contributed by atoms with van der Waals surface area (Å²) in [5, 5.41) is 8.15. The maximum absolute atomic E-state index is 12.8. The van der Waals surface area contributed by atoms with Gasteiger partial charge in [-0.1, -0.05) is 6.92 Å². The molecule has 1 N–H and O–H groups in total. The highest BCUT2D eigenvalue weighted by Crippen LogP contribution is 2.28. The second-order valence-electron chi connectivity index (χ2n) is 7.83. The largest absolute Gasteiger partial charge is 0.342 e. The molecule has 1 unspecified atom stereocenters. The number of hydrogen-bond donors (Lipinski definition) is 1. The Morgan fingerprint density at radius 1 is 1.25 bits per heavy atom. The van der Waals surface area contributed by atoms with E-state index in [-0.39, 0.29) is 5.92 Å². The van der Waals surface area contributed by atoms with E-state index in [2.05, 4.69) is 29.2 Å². The summed E-state index contributed by atoms with van der Waals surface area (Å²) in [6, 6.07) is 0.604. The van der Waals surface area contributed by atoms with Gasteiger partial charge in [-0.3, -0.25) is 9.48 Å². The zero-order valence-corrected chi connectivity index (χ0v) is 15.6. The monoisotopic (exact) mass is 332 g/mol. The van der Waals surface area contributed by atoms with E-state index in [1.165, 1.54) is 30.6 Å². The van der Waals surface area contributed by atoms with Gasteiger partial charge in [0.2, 0.25) is 5.91 Å². The minimum atomic E-state index is 0.0302. The Morgan fingerprint density at radius 2 is 1.92 bits per heavy atom. The molecule has 5 nitrogen and oxygen atoms in total. The van der Waals surface area contributed by atoms with Crippen LogP contribution in [0.15, 0.2) is 0 Å². The van der Waals surface area contributed by atoms with E-state index in [0.29, 0.717) is 11.9 Å². The third-order valence-corrected chi connectivity index (χ3v) is 5.79. The number of carbonyl (C=O) groups excluding carboxylic acids is 1. The number of amides is 1. The first-order valence-electron chi connectivity index (χ1n) is 9.47. The number of piperidine rings is 1. The van der Waals surface area contributed by atoms with Gasteiger partial charge in [0.15, 0.2) is 0 Å². The molecule has 2 heterocycles. The number of nitrogens with zero attached hydrogens (tertiary/aromatic N) is 3. The average Bonchev–Trinajstić information content (AvgIpc) is 3.37. The van der Waals surface area contributed by atoms with Crippen LogP contribution >= 0.6 is 0 Å². The number of carbonyl (C=O) groups is 1. The van der Waals surface area contributed by atoms with Crippen LogP contribution in [0.1, 0.15) is 49.6 Å². The van der Waals surface area contributed by atoms with Crippen LogP contribution in [-0.2, 0) is 18.3 Å². The van der Waals surface area contributed by atoms with Gasteiger partial charge in [0.25, 0.3) is 0 Å². The van der Waals surface area contributed by atoms with E-state index in [1.807, 2.05) is 18.7 Å². The van der Waals surface area contributed by atoms with Gasteiger partial charge in [0, 0.05) is 37.8 Å². The maximum Gasteiger partial charge on any atom is 0.225 e. The van der Waals surface area contributed by atoms with Gasteiger partial charge in [0.1, 0.15) is 0 Å². The number of hydrogen-bond acceptors (Lipinski definition) is 3. The molecule has 1 saturated carbocycles. The molecular weight excluding hydrogens is 300 g/mol. The molecule has 24 heavy (non-hydrogen) atoms. The Kier molecular flexibility index (Phi) is 5.28. The van der Waals surface area contributed by atoms with E-state index >= 15 is 0 Å². The Hall–Kier alpha value is -1.36. The first-order chi connectivity index (χ1) is 11.5. The van der Waals surface area contributed by atoms with Crippen LogP contribution in [0.25, 0.3) is 0 Å². The summed E-state index contributed by atoms with van der Waals surface area (Å²) in [5.74, 6) is 1.26. The second kappa shape index (κ2) is 7.26. The van der Waals surface area contributed by atoms with Crippen molar-refractivity contribution < 1.29 is 4.79 Å². The zero-order valence-electron chi connectivity index (χ0n) is 15.6. The molecule has 1 aliphatic carbocycles. The predicted octanol–water partition coefficient (Wildman–Crippen LogP) is 2.21. The van der Waals surface area contributed by atoms with Gasteiger partial charge < -0.3 is 10.2 Å². The van der Waals surface area contributed by atoms with Gasteiger partial charge in [-0.25, -0.2) is 0 Å². The number of aryl methyl sites for hydroxylation is 2. The van der Waals surface area contributed by atoms with Gasteiger partial charge in [-0.2, -0.15) is 5.10 Å². The average molecular weight is 332 g/mol. The molecule has 1 aromatic heterocycles. The number of likely N-dealkylation sites (tertiary alicyclic amines) is 1. The van der Waals surface area contributed by atoms with Crippen LogP contribution in [-0.4, -0.2) is 46.3 Å². The summed E-state index contributed by atoms with van der Waals surface area (Å²) in [6.45, 7) is 9.16. The van der Waals surface area contributed by atoms with Crippen molar-refractivity contribution in [2.75, 3.05) is 19.6 Å². The summed E-state index contributed by atoms with van der Waals surface area (Å²) >= 11 is 0.